The zero-order valence-electron chi connectivity index (χ0n) is 10.5. The van der Waals surface area contributed by atoms with E-state index in [9.17, 15) is 13.4 Å². The lowest BCUT2D eigenvalue weighted by atomic mass is 10.2. The lowest BCUT2D eigenvalue weighted by Gasteiger charge is -2.07. The second-order valence-electron chi connectivity index (χ2n) is 4.15. The molecule has 1 N–H and O–H groups in total. The van der Waals surface area contributed by atoms with Crippen LogP contribution in [0.15, 0.2) is 41.3 Å². The highest BCUT2D eigenvalue weighted by Gasteiger charge is 2.16. The lowest BCUT2D eigenvalue weighted by Crippen LogP contribution is -2.04. The molecule has 21 heavy (non-hydrogen) atoms. The van der Waals surface area contributed by atoms with Gasteiger partial charge >= 0.3 is 5.97 Å². The smallest absolute Gasteiger partial charge is 0.335 e. The zero-order chi connectivity index (χ0) is 15.6. The lowest BCUT2D eigenvalue weighted by molar-refractivity contribution is 0.0696. The molecular weight excluding hydrogens is 338 g/mol. The number of hydrogen-bond donors (Lipinski definition) is 1. The molecule has 0 aliphatic rings. The van der Waals surface area contributed by atoms with E-state index in [4.69, 9.17) is 28.3 Å². The van der Waals surface area contributed by atoms with Crippen molar-refractivity contribution in [3.05, 3.63) is 63.4 Å². The second kappa shape index (κ2) is 6.56. The summed E-state index contributed by atoms with van der Waals surface area (Å²) in [6, 6.07) is 8.02. The monoisotopic (exact) mass is 346 g/mol. The summed E-state index contributed by atoms with van der Waals surface area (Å²) in [7, 11) is -1.77. The van der Waals surface area contributed by atoms with E-state index in [-0.39, 0.29) is 21.2 Å². The van der Waals surface area contributed by atoms with Gasteiger partial charge in [0.05, 0.1) is 37.1 Å². The quantitative estimate of drug-likeness (QED) is 0.904. The minimum Gasteiger partial charge on any atom is -0.478 e. The minimum atomic E-state index is -1.77. The SMILES string of the molecule is O=C(O)c1ccc(F)c(S(=O)Cc2cccc(Cl)c2Cl)c1. The molecule has 7 heteroatoms. The Hall–Kier alpha value is -1.43. The topological polar surface area (TPSA) is 54.4 Å². The van der Waals surface area contributed by atoms with Gasteiger partial charge in [-0.15, -0.1) is 0 Å². The van der Waals surface area contributed by atoms with Gasteiger partial charge in [-0.05, 0) is 29.8 Å². The summed E-state index contributed by atoms with van der Waals surface area (Å²) < 4.78 is 26.0. The van der Waals surface area contributed by atoms with Crippen LogP contribution in [0.25, 0.3) is 0 Å². The normalized spacial score (nSPS) is 12.1. The maximum absolute atomic E-state index is 13.7. The van der Waals surface area contributed by atoms with Crippen LogP contribution in [0.1, 0.15) is 15.9 Å². The highest BCUT2D eigenvalue weighted by Crippen LogP contribution is 2.28. The van der Waals surface area contributed by atoms with Crippen molar-refractivity contribution >= 4 is 40.0 Å². The van der Waals surface area contributed by atoms with Crippen molar-refractivity contribution in [1.29, 1.82) is 0 Å². The van der Waals surface area contributed by atoms with Crippen LogP contribution in [0.3, 0.4) is 0 Å². The Labute approximate surface area is 132 Å². The molecule has 110 valence electrons. The third kappa shape index (κ3) is 3.61. The zero-order valence-corrected chi connectivity index (χ0v) is 12.8. The van der Waals surface area contributed by atoms with Gasteiger partial charge in [-0.25, -0.2) is 9.18 Å². The number of rotatable bonds is 4. The summed E-state index contributed by atoms with van der Waals surface area (Å²) in [6.45, 7) is 0. The van der Waals surface area contributed by atoms with Crippen LogP contribution < -0.4 is 0 Å². The van der Waals surface area contributed by atoms with Gasteiger partial charge in [0.1, 0.15) is 5.82 Å². The third-order valence-corrected chi connectivity index (χ3v) is 4.98. The number of halogens is 3. The molecule has 0 bridgehead atoms. The van der Waals surface area contributed by atoms with E-state index < -0.39 is 22.6 Å². The summed E-state index contributed by atoms with van der Waals surface area (Å²) in [5.74, 6) is -2.00. The van der Waals surface area contributed by atoms with E-state index in [1.54, 1.807) is 18.2 Å². The van der Waals surface area contributed by atoms with Crippen molar-refractivity contribution < 1.29 is 18.5 Å². The molecule has 1 unspecified atom stereocenters. The molecule has 1 atom stereocenters. The predicted octanol–water partition coefficient (Wildman–Crippen LogP) is 4.14. The highest BCUT2D eigenvalue weighted by atomic mass is 35.5. The number of carboxylic acid groups (broad SMARTS) is 1. The Morgan fingerprint density at radius 1 is 1.24 bits per heavy atom. The van der Waals surface area contributed by atoms with Gasteiger partial charge in [-0.1, -0.05) is 35.3 Å². The van der Waals surface area contributed by atoms with Gasteiger partial charge in [0.2, 0.25) is 0 Å². The molecule has 2 rings (SSSR count). The maximum Gasteiger partial charge on any atom is 0.335 e. The van der Waals surface area contributed by atoms with E-state index >= 15 is 0 Å². The molecule has 0 aromatic heterocycles. The molecule has 0 amide bonds. The molecule has 0 aliphatic carbocycles. The second-order valence-corrected chi connectivity index (χ2v) is 6.36. The van der Waals surface area contributed by atoms with Crippen molar-refractivity contribution in [1.82, 2.24) is 0 Å². The molecule has 0 radical (unpaired) electrons. The summed E-state index contributed by atoms with van der Waals surface area (Å²) in [5, 5.41) is 9.46. The molecule has 0 heterocycles. The Bertz CT molecular complexity index is 734. The van der Waals surface area contributed by atoms with Gasteiger partial charge in [-0.2, -0.15) is 0 Å². The van der Waals surface area contributed by atoms with E-state index in [0.717, 1.165) is 18.2 Å². The van der Waals surface area contributed by atoms with Crippen LogP contribution in [0.2, 0.25) is 10.0 Å². The van der Waals surface area contributed by atoms with Crippen molar-refractivity contribution in [2.24, 2.45) is 0 Å². The summed E-state index contributed by atoms with van der Waals surface area (Å²) in [4.78, 5) is 10.7. The van der Waals surface area contributed by atoms with Crippen LogP contribution in [0.5, 0.6) is 0 Å². The number of aromatic carboxylic acids is 1. The standard InChI is InChI=1S/C14H9Cl2FO3S/c15-10-3-1-2-9(13(10)16)7-21(20)12-6-8(14(18)19)4-5-11(12)17/h1-6H,7H2,(H,18,19). The molecule has 3 nitrogen and oxygen atoms in total. The Morgan fingerprint density at radius 3 is 2.62 bits per heavy atom. The largest absolute Gasteiger partial charge is 0.478 e. The van der Waals surface area contributed by atoms with Crippen LogP contribution in [0.4, 0.5) is 4.39 Å². The first-order valence-corrected chi connectivity index (χ1v) is 7.81. The van der Waals surface area contributed by atoms with Gasteiger partial charge in [0, 0.05) is 0 Å². The van der Waals surface area contributed by atoms with Crippen molar-refractivity contribution in [3.8, 4) is 0 Å². The van der Waals surface area contributed by atoms with Crippen LogP contribution in [-0.2, 0) is 16.6 Å². The molecule has 0 aliphatic heterocycles. The Kier molecular flexibility index (Phi) is 4.98. The van der Waals surface area contributed by atoms with Gasteiger partial charge < -0.3 is 5.11 Å². The van der Waals surface area contributed by atoms with Crippen molar-refractivity contribution in [3.63, 3.8) is 0 Å². The van der Waals surface area contributed by atoms with Gasteiger partial charge in [-0.3, -0.25) is 4.21 Å². The minimum absolute atomic E-state index is 0.0562. The number of carboxylic acids is 1. The Balaban J connectivity index is 2.34. The number of carbonyl (C=O) groups is 1. The van der Waals surface area contributed by atoms with E-state index in [1.807, 2.05) is 0 Å². The average Bonchev–Trinajstić information content (AvgIpc) is 2.44. The van der Waals surface area contributed by atoms with Gasteiger partial charge in [0.15, 0.2) is 0 Å². The first-order valence-electron chi connectivity index (χ1n) is 5.74. The predicted molar refractivity (Wildman–Crippen MR) is 79.9 cm³/mol. The summed E-state index contributed by atoms with van der Waals surface area (Å²) in [6.07, 6.45) is 0. The fraction of sp³-hybridized carbons (Fsp3) is 0.0714. The van der Waals surface area contributed by atoms with E-state index in [0.29, 0.717) is 10.6 Å². The molecule has 0 saturated carbocycles. The maximum atomic E-state index is 13.7. The first kappa shape index (κ1) is 15.9. The molecule has 0 fully saturated rings. The van der Waals surface area contributed by atoms with Crippen LogP contribution >= 0.6 is 23.2 Å². The molecular formula is C14H9Cl2FO3S. The average molecular weight is 347 g/mol. The molecule has 2 aromatic carbocycles. The third-order valence-electron chi connectivity index (χ3n) is 2.74. The van der Waals surface area contributed by atoms with E-state index in [1.165, 1.54) is 0 Å². The number of hydrogen-bond acceptors (Lipinski definition) is 2. The molecule has 0 saturated heterocycles. The summed E-state index contributed by atoms with van der Waals surface area (Å²) >= 11 is 11.9. The van der Waals surface area contributed by atoms with Crippen LogP contribution in [0, 0.1) is 5.82 Å². The molecule has 0 spiro atoms. The van der Waals surface area contributed by atoms with Crippen molar-refractivity contribution in [2.45, 2.75) is 10.6 Å². The first-order chi connectivity index (χ1) is 9.90. The fourth-order valence-electron chi connectivity index (χ4n) is 1.69. The Morgan fingerprint density at radius 2 is 1.95 bits per heavy atom. The fourth-order valence-corrected chi connectivity index (χ4v) is 3.38. The van der Waals surface area contributed by atoms with Gasteiger partial charge in [0.25, 0.3) is 0 Å². The number of benzene rings is 2. The van der Waals surface area contributed by atoms with Crippen LogP contribution in [-0.4, -0.2) is 15.3 Å². The summed E-state index contributed by atoms with van der Waals surface area (Å²) in [5.41, 5.74) is 0.375. The van der Waals surface area contributed by atoms with E-state index in [2.05, 4.69) is 0 Å². The van der Waals surface area contributed by atoms with Crippen molar-refractivity contribution in [2.75, 3.05) is 0 Å². The molecule has 2 aromatic rings. The highest BCUT2D eigenvalue weighted by molar-refractivity contribution is 7.84.